The fourth-order valence-corrected chi connectivity index (χ4v) is 3.90. The Hall–Kier alpha value is -2.31. The number of nitrogens with one attached hydrogen (secondary N) is 2. The van der Waals surface area contributed by atoms with Gasteiger partial charge in [-0.3, -0.25) is 4.79 Å². The van der Waals surface area contributed by atoms with E-state index in [1.807, 2.05) is 12.1 Å². The molecule has 2 fully saturated rings. The normalized spacial score (nSPS) is 20.9. The predicted molar refractivity (Wildman–Crippen MR) is 111 cm³/mol. The van der Waals surface area contributed by atoms with E-state index < -0.39 is 0 Å². The van der Waals surface area contributed by atoms with Gasteiger partial charge in [-0.05, 0) is 37.8 Å². The first kappa shape index (κ1) is 20.4. The van der Waals surface area contributed by atoms with Gasteiger partial charge in [0.1, 0.15) is 12.4 Å². The molecule has 2 N–H and O–H groups in total. The van der Waals surface area contributed by atoms with Gasteiger partial charge >= 0.3 is 0 Å². The van der Waals surface area contributed by atoms with Gasteiger partial charge in [0.05, 0.1) is 5.69 Å². The Balaban J connectivity index is 1.65. The van der Waals surface area contributed by atoms with Crippen LogP contribution in [0.15, 0.2) is 29.3 Å². The molecule has 1 aromatic carbocycles. The Bertz CT molecular complexity index is 687. The minimum Gasteiger partial charge on any atom is -0.367 e. The van der Waals surface area contributed by atoms with Crippen LogP contribution in [0.3, 0.4) is 0 Å². The van der Waals surface area contributed by atoms with Crippen molar-refractivity contribution in [1.29, 1.82) is 0 Å². The second-order valence-corrected chi connectivity index (χ2v) is 7.96. The molecule has 1 heterocycles. The van der Waals surface area contributed by atoms with E-state index in [-0.39, 0.29) is 24.3 Å². The van der Waals surface area contributed by atoms with E-state index in [1.54, 1.807) is 25.1 Å². The van der Waals surface area contributed by atoms with Crippen molar-refractivity contribution in [2.75, 3.05) is 38.6 Å². The summed E-state index contributed by atoms with van der Waals surface area (Å²) in [4.78, 5) is 20.1. The summed E-state index contributed by atoms with van der Waals surface area (Å²) in [5.41, 5.74) is 0.652. The molecule has 1 unspecified atom stereocenters. The lowest BCUT2D eigenvalue weighted by atomic mass is 10.0. The van der Waals surface area contributed by atoms with Crippen molar-refractivity contribution in [2.45, 2.75) is 50.6 Å². The maximum absolute atomic E-state index is 14.2. The van der Waals surface area contributed by atoms with Crippen molar-refractivity contribution in [3.05, 3.63) is 30.1 Å². The molecule has 28 heavy (non-hydrogen) atoms. The topological polar surface area (TPSA) is 60.0 Å². The average molecular weight is 390 g/mol. The fourth-order valence-electron chi connectivity index (χ4n) is 3.90. The highest BCUT2D eigenvalue weighted by atomic mass is 19.1. The molecule has 2 aliphatic rings. The van der Waals surface area contributed by atoms with Gasteiger partial charge in [-0.25, -0.2) is 9.38 Å². The zero-order valence-electron chi connectivity index (χ0n) is 17.0. The lowest BCUT2D eigenvalue weighted by Crippen LogP contribution is -2.53. The van der Waals surface area contributed by atoms with Crippen LogP contribution in [0.4, 0.5) is 10.1 Å². The number of likely N-dealkylation sites (N-methyl/N-ethyl adjacent to an activating group) is 1. The Kier molecular flexibility index (Phi) is 7.12. The van der Waals surface area contributed by atoms with Crippen LogP contribution < -0.4 is 15.5 Å². The van der Waals surface area contributed by atoms with Gasteiger partial charge in [0.15, 0.2) is 5.96 Å². The first-order chi connectivity index (χ1) is 13.5. The third-order valence-corrected chi connectivity index (χ3v) is 5.52. The van der Waals surface area contributed by atoms with E-state index in [2.05, 4.69) is 20.5 Å². The largest absolute Gasteiger partial charge is 0.367 e. The number of benzene rings is 1. The second kappa shape index (κ2) is 9.75. The molecule has 1 atom stereocenters. The summed E-state index contributed by atoms with van der Waals surface area (Å²) in [6, 6.07) is 7.50. The standard InChI is InChI=1S/C21H32FN5O/c1-26(2)20(28)14-23-21(24-16-8-3-4-9-16)25-17-10-7-13-27(15-17)19-12-6-5-11-18(19)22/h5-6,11-12,16-17H,3-4,7-10,13-15H2,1-2H3,(H2,23,24,25). The second-order valence-electron chi connectivity index (χ2n) is 7.96. The van der Waals surface area contributed by atoms with Gasteiger partial charge < -0.3 is 20.4 Å². The molecule has 0 aromatic heterocycles. The van der Waals surface area contributed by atoms with E-state index in [9.17, 15) is 9.18 Å². The SMILES string of the molecule is CN(C)C(=O)CN=C(NC1CCCC1)NC1CCCN(c2ccccc2F)C1. The lowest BCUT2D eigenvalue weighted by molar-refractivity contribution is -0.127. The summed E-state index contributed by atoms with van der Waals surface area (Å²) in [5.74, 6) is 0.490. The highest BCUT2D eigenvalue weighted by Crippen LogP contribution is 2.23. The Morgan fingerprint density at radius 2 is 1.82 bits per heavy atom. The number of carbonyl (C=O) groups excluding carboxylic acids is 1. The Morgan fingerprint density at radius 3 is 2.54 bits per heavy atom. The highest BCUT2D eigenvalue weighted by Gasteiger charge is 2.24. The summed E-state index contributed by atoms with van der Waals surface area (Å²) >= 11 is 0. The number of hydrogen-bond donors (Lipinski definition) is 2. The summed E-state index contributed by atoms with van der Waals surface area (Å²) < 4.78 is 14.2. The van der Waals surface area contributed by atoms with Crippen molar-refractivity contribution in [3.63, 3.8) is 0 Å². The monoisotopic (exact) mass is 389 g/mol. The van der Waals surface area contributed by atoms with Gasteiger partial charge in [0.25, 0.3) is 0 Å². The van der Waals surface area contributed by atoms with Gasteiger partial charge in [-0.2, -0.15) is 0 Å². The number of amides is 1. The molecule has 1 saturated carbocycles. The molecule has 0 spiro atoms. The molecule has 154 valence electrons. The van der Waals surface area contributed by atoms with Crippen LogP contribution in [0.1, 0.15) is 38.5 Å². The van der Waals surface area contributed by atoms with Gasteiger partial charge in [-0.1, -0.05) is 25.0 Å². The zero-order valence-corrected chi connectivity index (χ0v) is 17.0. The third kappa shape index (κ3) is 5.59. The maximum Gasteiger partial charge on any atom is 0.243 e. The number of nitrogens with zero attached hydrogens (tertiary/aromatic N) is 3. The van der Waals surface area contributed by atoms with Crippen LogP contribution in [0.5, 0.6) is 0 Å². The number of rotatable bonds is 5. The van der Waals surface area contributed by atoms with Crippen LogP contribution in [0.25, 0.3) is 0 Å². The van der Waals surface area contributed by atoms with Gasteiger partial charge in [0.2, 0.25) is 5.91 Å². The number of halogens is 1. The molecule has 1 aliphatic carbocycles. The van der Waals surface area contributed by atoms with Crippen molar-refractivity contribution in [1.82, 2.24) is 15.5 Å². The molecular weight excluding hydrogens is 357 g/mol. The molecule has 1 amide bonds. The molecule has 7 heteroatoms. The average Bonchev–Trinajstić information content (AvgIpc) is 3.19. The number of hydrogen-bond acceptors (Lipinski definition) is 3. The van der Waals surface area contributed by atoms with E-state index in [4.69, 9.17) is 0 Å². The number of carbonyl (C=O) groups is 1. The molecular formula is C21H32FN5O. The van der Waals surface area contributed by atoms with Crippen LogP contribution in [0, 0.1) is 5.82 Å². The summed E-state index contributed by atoms with van der Waals surface area (Å²) in [5, 5.41) is 7.00. The summed E-state index contributed by atoms with van der Waals surface area (Å²) in [6.07, 6.45) is 6.71. The smallest absolute Gasteiger partial charge is 0.243 e. The zero-order chi connectivity index (χ0) is 19.9. The highest BCUT2D eigenvalue weighted by molar-refractivity contribution is 5.85. The number of piperidine rings is 1. The molecule has 6 nitrogen and oxygen atoms in total. The quantitative estimate of drug-likeness (QED) is 0.600. The van der Waals surface area contributed by atoms with Crippen LogP contribution in [-0.2, 0) is 4.79 Å². The number of aliphatic imine (C=N–C) groups is 1. The Morgan fingerprint density at radius 1 is 1.14 bits per heavy atom. The Labute approximate surface area is 167 Å². The summed E-state index contributed by atoms with van der Waals surface area (Å²) in [7, 11) is 3.48. The molecule has 1 aromatic rings. The van der Waals surface area contributed by atoms with Crippen LogP contribution in [0.2, 0.25) is 0 Å². The van der Waals surface area contributed by atoms with Gasteiger partial charge in [0, 0.05) is 39.3 Å². The molecule has 1 saturated heterocycles. The lowest BCUT2D eigenvalue weighted by Gasteiger charge is -2.36. The minimum absolute atomic E-state index is 0.0239. The first-order valence-electron chi connectivity index (χ1n) is 10.3. The van der Waals surface area contributed by atoms with E-state index in [0.29, 0.717) is 24.2 Å². The summed E-state index contributed by atoms with van der Waals surface area (Å²) in [6.45, 7) is 1.69. The van der Waals surface area contributed by atoms with Gasteiger partial charge in [-0.15, -0.1) is 0 Å². The first-order valence-corrected chi connectivity index (χ1v) is 10.3. The van der Waals surface area contributed by atoms with E-state index in [1.165, 1.54) is 18.9 Å². The molecule has 0 bridgehead atoms. The molecule has 1 aliphatic heterocycles. The van der Waals surface area contributed by atoms with E-state index >= 15 is 0 Å². The van der Waals surface area contributed by atoms with Crippen molar-refractivity contribution >= 4 is 17.6 Å². The number of anilines is 1. The third-order valence-electron chi connectivity index (χ3n) is 5.52. The number of guanidine groups is 1. The minimum atomic E-state index is -0.183. The number of para-hydroxylation sites is 1. The van der Waals surface area contributed by atoms with E-state index in [0.717, 1.165) is 32.2 Å². The maximum atomic E-state index is 14.2. The van der Waals surface area contributed by atoms with Crippen molar-refractivity contribution in [3.8, 4) is 0 Å². The van der Waals surface area contributed by atoms with Crippen molar-refractivity contribution < 1.29 is 9.18 Å². The molecule has 3 rings (SSSR count). The predicted octanol–water partition coefficient (Wildman–Crippen LogP) is 2.36. The van der Waals surface area contributed by atoms with Crippen LogP contribution in [-0.4, -0.2) is 62.6 Å². The van der Waals surface area contributed by atoms with Crippen LogP contribution >= 0.6 is 0 Å². The molecule has 0 radical (unpaired) electrons. The fraction of sp³-hybridized carbons (Fsp3) is 0.619. The van der Waals surface area contributed by atoms with Crippen molar-refractivity contribution in [2.24, 2.45) is 4.99 Å².